The van der Waals surface area contributed by atoms with Gasteiger partial charge in [-0.15, -0.1) is 12.4 Å². The van der Waals surface area contributed by atoms with E-state index in [0.717, 1.165) is 24.0 Å². The Morgan fingerprint density at radius 3 is 2.00 bits per heavy atom. The average Bonchev–Trinajstić information content (AvgIpc) is 2.58. The van der Waals surface area contributed by atoms with Gasteiger partial charge in [0.05, 0.1) is 0 Å². The van der Waals surface area contributed by atoms with Crippen molar-refractivity contribution in [2.45, 2.75) is 71.3 Å². The Bertz CT molecular complexity index is 509. The van der Waals surface area contributed by atoms with Gasteiger partial charge in [0.2, 0.25) is 0 Å². The summed E-state index contributed by atoms with van der Waals surface area (Å²) < 4.78 is 0. The summed E-state index contributed by atoms with van der Waals surface area (Å²) in [5, 5.41) is 10.6. The summed E-state index contributed by atoms with van der Waals surface area (Å²) in [6, 6.07) is 2.19. The molecule has 1 aliphatic carbocycles. The molecule has 1 unspecified atom stereocenters. The number of nitrogens with two attached hydrogens (primary N) is 1. The van der Waals surface area contributed by atoms with Crippen molar-refractivity contribution in [3.05, 3.63) is 28.3 Å². The molecule has 114 valence electrons. The molecule has 1 aromatic rings. The fourth-order valence-corrected chi connectivity index (χ4v) is 3.09. The summed E-state index contributed by atoms with van der Waals surface area (Å²) in [6.07, 6.45) is 1.93. The molecule has 1 aromatic carbocycles. The van der Waals surface area contributed by atoms with Gasteiger partial charge in [-0.25, -0.2) is 0 Å². The van der Waals surface area contributed by atoms with Crippen LogP contribution in [0.5, 0.6) is 5.75 Å². The molecule has 1 aliphatic rings. The third kappa shape index (κ3) is 2.82. The van der Waals surface area contributed by atoms with Crippen molar-refractivity contribution in [2.24, 2.45) is 5.73 Å². The number of rotatable bonds is 0. The molecule has 0 aliphatic heterocycles. The molecule has 2 rings (SSSR count). The van der Waals surface area contributed by atoms with Crippen molar-refractivity contribution in [2.75, 3.05) is 0 Å². The first kappa shape index (κ1) is 17.3. The van der Waals surface area contributed by atoms with E-state index in [1.54, 1.807) is 0 Å². The third-order valence-electron chi connectivity index (χ3n) is 4.14. The maximum absolute atomic E-state index is 10.6. The lowest BCUT2D eigenvalue weighted by molar-refractivity contribution is 0.434. The second-order valence-electron chi connectivity index (χ2n) is 7.86. The van der Waals surface area contributed by atoms with Crippen LogP contribution in [0.25, 0.3) is 0 Å². The van der Waals surface area contributed by atoms with E-state index >= 15 is 0 Å². The van der Waals surface area contributed by atoms with Crippen molar-refractivity contribution >= 4 is 12.4 Å². The first-order valence-electron chi connectivity index (χ1n) is 7.18. The van der Waals surface area contributed by atoms with Crippen molar-refractivity contribution in [1.29, 1.82) is 0 Å². The zero-order chi connectivity index (χ0) is 14.6. The van der Waals surface area contributed by atoms with Gasteiger partial charge in [0, 0.05) is 11.6 Å². The number of aromatic hydroxyl groups is 1. The molecule has 0 fully saturated rings. The minimum Gasteiger partial charge on any atom is -0.507 e. The highest BCUT2D eigenvalue weighted by atomic mass is 35.5. The number of benzene rings is 1. The average molecular weight is 298 g/mol. The molecule has 0 amide bonds. The fourth-order valence-electron chi connectivity index (χ4n) is 3.09. The van der Waals surface area contributed by atoms with Gasteiger partial charge in [-0.1, -0.05) is 47.6 Å². The SMILES string of the molecule is CC(C)(C)c1cc(C(C)(C)C)c2c(c1O)C(N)CC2.Cl. The molecule has 0 heterocycles. The van der Waals surface area contributed by atoms with Gasteiger partial charge >= 0.3 is 0 Å². The topological polar surface area (TPSA) is 46.2 Å². The molecule has 0 saturated carbocycles. The standard InChI is InChI=1S/C17H27NO.ClH/c1-16(2,3)11-9-12(17(4,5)6)15(19)14-10(11)7-8-13(14)18;/h9,13,19H,7-8,18H2,1-6H3;1H. The van der Waals surface area contributed by atoms with Crippen LogP contribution in [-0.4, -0.2) is 5.11 Å². The van der Waals surface area contributed by atoms with Gasteiger partial charge in [-0.05, 0) is 40.4 Å². The Kier molecular flexibility index (Phi) is 4.53. The van der Waals surface area contributed by atoms with Gasteiger partial charge < -0.3 is 10.8 Å². The number of hydrogen-bond donors (Lipinski definition) is 2. The number of halogens is 1. The van der Waals surface area contributed by atoms with E-state index < -0.39 is 0 Å². The lowest BCUT2D eigenvalue weighted by atomic mass is 9.76. The molecule has 2 nitrogen and oxygen atoms in total. The third-order valence-corrected chi connectivity index (χ3v) is 4.14. The van der Waals surface area contributed by atoms with Crippen molar-refractivity contribution in [1.82, 2.24) is 0 Å². The Labute approximate surface area is 129 Å². The van der Waals surface area contributed by atoms with Crippen LogP contribution in [0, 0.1) is 0 Å². The van der Waals surface area contributed by atoms with E-state index in [4.69, 9.17) is 5.73 Å². The largest absolute Gasteiger partial charge is 0.507 e. The van der Waals surface area contributed by atoms with Gasteiger partial charge in [0.1, 0.15) is 5.75 Å². The molecule has 0 saturated heterocycles. The first-order valence-corrected chi connectivity index (χ1v) is 7.18. The van der Waals surface area contributed by atoms with Gasteiger partial charge in [0.15, 0.2) is 0 Å². The predicted octanol–water partition coefficient (Wildman–Crippen LogP) is 4.36. The Hall–Kier alpha value is -0.730. The Balaban J connectivity index is 0.00000200. The summed E-state index contributed by atoms with van der Waals surface area (Å²) in [5.41, 5.74) is 10.9. The van der Waals surface area contributed by atoms with Gasteiger partial charge in [-0.3, -0.25) is 0 Å². The molecule has 0 aromatic heterocycles. The normalized spacial score (nSPS) is 18.6. The summed E-state index contributed by atoms with van der Waals surface area (Å²) in [7, 11) is 0. The number of fused-ring (bicyclic) bond motifs is 1. The highest BCUT2D eigenvalue weighted by Gasteiger charge is 2.33. The minimum atomic E-state index is -0.0680. The highest BCUT2D eigenvalue weighted by Crippen LogP contribution is 2.46. The molecular weight excluding hydrogens is 270 g/mol. The molecule has 0 spiro atoms. The maximum Gasteiger partial charge on any atom is 0.124 e. The minimum absolute atomic E-state index is 0. The second kappa shape index (κ2) is 5.23. The monoisotopic (exact) mass is 297 g/mol. The maximum atomic E-state index is 10.6. The quantitative estimate of drug-likeness (QED) is 0.747. The van der Waals surface area contributed by atoms with E-state index in [9.17, 15) is 5.11 Å². The van der Waals surface area contributed by atoms with Gasteiger partial charge in [-0.2, -0.15) is 0 Å². The van der Waals surface area contributed by atoms with E-state index in [1.165, 1.54) is 11.1 Å². The molecular formula is C17H28ClNO. The molecule has 0 bridgehead atoms. The molecule has 3 N–H and O–H groups in total. The number of phenols is 1. The lowest BCUT2D eigenvalue weighted by Crippen LogP contribution is -2.20. The van der Waals surface area contributed by atoms with Crippen LogP contribution >= 0.6 is 12.4 Å². The van der Waals surface area contributed by atoms with Crippen LogP contribution < -0.4 is 5.73 Å². The summed E-state index contributed by atoms with van der Waals surface area (Å²) in [4.78, 5) is 0. The van der Waals surface area contributed by atoms with E-state index in [1.807, 2.05) is 0 Å². The zero-order valence-electron chi connectivity index (χ0n) is 13.5. The molecule has 20 heavy (non-hydrogen) atoms. The predicted molar refractivity (Wildman–Crippen MR) is 88.0 cm³/mol. The highest BCUT2D eigenvalue weighted by molar-refractivity contribution is 5.85. The van der Waals surface area contributed by atoms with Crippen molar-refractivity contribution in [3.8, 4) is 5.75 Å². The summed E-state index contributed by atoms with van der Waals surface area (Å²) in [5.74, 6) is 0.431. The zero-order valence-corrected chi connectivity index (χ0v) is 14.3. The van der Waals surface area contributed by atoms with Crippen LogP contribution in [0.1, 0.15) is 76.3 Å². The van der Waals surface area contributed by atoms with Crippen LogP contribution in [0.4, 0.5) is 0 Å². The van der Waals surface area contributed by atoms with E-state index in [-0.39, 0.29) is 29.3 Å². The van der Waals surface area contributed by atoms with Crippen molar-refractivity contribution in [3.63, 3.8) is 0 Å². The smallest absolute Gasteiger partial charge is 0.124 e. The number of hydrogen-bond acceptors (Lipinski definition) is 2. The summed E-state index contributed by atoms with van der Waals surface area (Å²) >= 11 is 0. The van der Waals surface area contributed by atoms with Gasteiger partial charge in [0.25, 0.3) is 0 Å². The van der Waals surface area contributed by atoms with E-state index in [2.05, 4.69) is 47.6 Å². The van der Waals surface area contributed by atoms with Crippen LogP contribution in [0.15, 0.2) is 6.07 Å². The second-order valence-corrected chi connectivity index (χ2v) is 7.86. The van der Waals surface area contributed by atoms with E-state index in [0.29, 0.717) is 5.75 Å². The first-order chi connectivity index (χ1) is 8.53. The fraction of sp³-hybridized carbons (Fsp3) is 0.647. The van der Waals surface area contributed by atoms with Crippen LogP contribution in [-0.2, 0) is 17.3 Å². The van der Waals surface area contributed by atoms with Crippen molar-refractivity contribution < 1.29 is 5.11 Å². The molecule has 3 heteroatoms. The molecule has 0 radical (unpaired) electrons. The summed E-state index contributed by atoms with van der Waals surface area (Å²) in [6.45, 7) is 13.1. The number of phenolic OH excluding ortho intramolecular Hbond substituents is 1. The van der Waals surface area contributed by atoms with Crippen LogP contribution in [0.3, 0.4) is 0 Å². The van der Waals surface area contributed by atoms with Crippen LogP contribution in [0.2, 0.25) is 0 Å². The molecule has 1 atom stereocenters. The lowest BCUT2D eigenvalue weighted by Gasteiger charge is -2.29. The Morgan fingerprint density at radius 1 is 1.05 bits per heavy atom. The Morgan fingerprint density at radius 2 is 1.55 bits per heavy atom.